The third kappa shape index (κ3) is 9.71. The number of Topliss-reactive ketones (excluding diaryl/α,β-unsaturated/α-hetero) is 1. The predicted octanol–water partition coefficient (Wildman–Crippen LogP) is 6.15. The normalized spacial score (nSPS) is 48.6. The number of carboxylic acids is 1. The van der Waals surface area contributed by atoms with Gasteiger partial charge in [-0.2, -0.15) is 0 Å². The van der Waals surface area contributed by atoms with E-state index in [0.717, 1.165) is 6.42 Å². The van der Waals surface area contributed by atoms with Gasteiger partial charge in [-0.3, -0.25) is 9.59 Å². The van der Waals surface area contributed by atoms with Gasteiger partial charge in [-0.1, -0.05) is 61.5 Å². The van der Waals surface area contributed by atoms with Gasteiger partial charge < -0.3 is 58.3 Å². The van der Waals surface area contributed by atoms with E-state index in [2.05, 4.69) is 27.7 Å². The second kappa shape index (κ2) is 18.7. The molecule has 0 radical (unpaired) electrons. The molecule has 6 fully saturated rings. The fourth-order valence-corrected chi connectivity index (χ4v) is 11.8. The van der Waals surface area contributed by atoms with E-state index in [-0.39, 0.29) is 72.4 Å². The molecular weight excluding hydrogens is 789 g/mol. The molecule has 0 aromatic heterocycles. The molecule has 0 aliphatic carbocycles. The maximum absolute atomic E-state index is 13.4. The summed E-state index contributed by atoms with van der Waals surface area (Å²) in [6, 6.07) is 0. The fourth-order valence-electron chi connectivity index (χ4n) is 11.8. The van der Waals surface area contributed by atoms with Gasteiger partial charge in [0.1, 0.15) is 0 Å². The van der Waals surface area contributed by atoms with Crippen LogP contribution >= 0.6 is 0 Å². The van der Waals surface area contributed by atoms with Crippen molar-refractivity contribution in [3.05, 3.63) is 11.6 Å². The number of rotatable bonds is 13. The fraction of sp³-hybridized carbons (Fsp3) is 0.915. The third-order valence-electron chi connectivity index (χ3n) is 15.9. The molecular formula is C47H78O14. The van der Waals surface area contributed by atoms with Crippen molar-refractivity contribution in [2.24, 2.45) is 47.3 Å². The number of hydrogen-bond donors (Lipinski definition) is 4. The summed E-state index contributed by atoms with van der Waals surface area (Å²) < 4.78 is 53.9. The first-order chi connectivity index (χ1) is 28.5. The molecule has 0 aromatic rings. The maximum Gasteiger partial charge on any atom is 0.306 e. The SMILES string of the molecule is CO[C@@H]1CC[C@@H](O[C@@H]2C[C@H]([C@]3(C)CC[C@]4(C[C@H](O)[C@@H](C)[C@@H]([C@@H](C)/C=C(\C)C(=O)[C@H](C)C[C@H](C)C(=O)O)O4)O3)O[C@]3(O[C@@H]([C@H]4O[C@@](O)(CO)[C@H](C)C[C@@H]4C)C[C@@H]3C)[C@@H]2C)O[C@H]1C. The largest absolute Gasteiger partial charge is 0.481 e. The lowest BCUT2D eigenvalue weighted by atomic mass is 9.76. The van der Waals surface area contributed by atoms with Crippen molar-refractivity contribution in [3.63, 3.8) is 0 Å². The smallest absolute Gasteiger partial charge is 0.306 e. The maximum atomic E-state index is 13.4. The van der Waals surface area contributed by atoms with E-state index in [1.54, 1.807) is 27.9 Å². The summed E-state index contributed by atoms with van der Waals surface area (Å²) in [5, 5.41) is 42.5. The Bertz CT molecular complexity index is 1570. The number of aliphatic hydroxyl groups is 3. The standard InChI is InChI=1S/C47H78O14/c1-24(40(50)25(2)18-28(5)43(51)52)17-26(3)41-31(8)34(49)22-45(59-41)16-15-44(11,61-45)38-21-36(56-39-14-13-35(54-12)33(10)55-39)32(9)47(58-38)30(7)20-37(57-47)42-27(4)19-29(6)46(53,23-48)60-42/h17,25-39,41-42,48-49,53H,13-16,18-23H2,1-12H3,(H,51,52)/b24-17+/t25-,26+,27+,28+,29-,30+,31-,32-,33+,34+,35-,36-,37-,38-,39-,41-,42+,44+,45-,46+,47+/m1/s1. The Balaban J connectivity index is 1.24. The van der Waals surface area contributed by atoms with Crippen LogP contribution in [0.4, 0.5) is 0 Å². The van der Waals surface area contributed by atoms with E-state index in [0.29, 0.717) is 44.1 Å². The van der Waals surface area contributed by atoms with Crippen LogP contribution in [0.15, 0.2) is 11.6 Å². The molecule has 0 unspecified atom stereocenters. The third-order valence-corrected chi connectivity index (χ3v) is 15.9. The number of carbonyl (C=O) groups is 2. The quantitative estimate of drug-likeness (QED) is 0.154. The van der Waals surface area contributed by atoms with Crippen LogP contribution in [0.3, 0.4) is 0 Å². The lowest BCUT2D eigenvalue weighted by Gasteiger charge is -2.54. The van der Waals surface area contributed by atoms with Crippen LogP contribution in [0.1, 0.15) is 134 Å². The lowest BCUT2D eigenvalue weighted by molar-refractivity contribution is -0.390. The van der Waals surface area contributed by atoms with Gasteiger partial charge >= 0.3 is 5.97 Å². The van der Waals surface area contributed by atoms with Gasteiger partial charge in [0.25, 0.3) is 0 Å². The van der Waals surface area contributed by atoms with E-state index >= 15 is 0 Å². The number of allylic oxidation sites excluding steroid dienone is 1. The van der Waals surface area contributed by atoms with Crippen molar-refractivity contribution in [1.82, 2.24) is 0 Å². The molecule has 14 nitrogen and oxygen atoms in total. The van der Waals surface area contributed by atoms with Crippen LogP contribution < -0.4 is 0 Å². The predicted molar refractivity (Wildman–Crippen MR) is 224 cm³/mol. The minimum Gasteiger partial charge on any atom is -0.481 e. The molecule has 0 saturated carbocycles. The van der Waals surface area contributed by atoms with Crippen molar-refractivity contribution < 1.29 is 67.9 Å². The number of methoxy groups -OCH3 is 1. The molecule has 0 amide bonds. The van der Waals surface area contributed by atoms with Crippen molar-refractivity contribution in [2.45, 2.75) is 212 Å². The van der Waals surface area contributed by atoms with Crippen LogP contribution in [0.5, 0.6) is 0 Å². The van der Waals surface area contributed by atoms with E-state index < -0.39 is 84.2 Å². The molecule has 61 heavy (non-hydrogen) atoms. The Morgan fingerprint density at radius 3 is 2.25 bits per heavy atom. The van der Waals surface area contributed by atoms with Gasteiger partial charge in [0, 0.05) is 68.3 Å². The van der Waals surface area contributed by atoms with Crippen molar-refractivity contribution in [3.8, 4) is 0 Å². The monoisotopic (exact) mass is 867 g/mol. The minimum atomic E-state index is -1.66. The lowest BCUT2D eigenvalue weighted by Crippen LogP contribution is -2.63. The summed E-state index contributed by atoms with van der Waals surface area (Å²) in [6.45, 7) is 20.9. The molecule has 6 heterocycles. The first-order valence-corrected chi connectivity index (χ1v) is 23.2. The molecule has 14 heteroatoms. The van der Waals surface area contributed by atoms with Gasteiger partial charge in [0.05, 0.1) is 67.0 Å². The average Bonchev–Trinajstić information content (AvgIpc) is 3.71. The molecule has 6 rings (SSSR count). The summed E-state index contributed by atoms with van der Waals surface area (Å²) in [7, 11) is 1.70. The first kappa shape index (κ1) is 48.9. The van der Waals surface area contributed by atoms with Gasteiger partial charge in [-0.25, -0.2) is 0 Å². The van der Waals surface area contributed by atoms with Crippen molar-refractivity contribution in [1.29, 1.82) is 0 Å². The second-order valence-electron chi connectivity index (χ2n) is 20.6. The zero-order chi connectivity index (χ0) is 45.0. The van der Waals surface area contributed by atoms with Gasteiger partial charge in [0.15, 0.2) is 29.4 Å². The second-order valence-corrected chi connectivity index (χ2v) is 20.6. The number of ketones is 1. The zero-order valence-electron chi connectivity index (χ0n) is 38.8. The van der Waals surface area contributed by atoms with Crippen LogP contribution in [-0.2, 0) is 47.5 Å². The highest BCUT2D eigenvalue weighted by molar-refractivity contribution is 5.96. The summed E-state index contributed by atoms with van der Waals surface area (Å²) in [5.41, 5.74) is -0.326. The molecule has 350 valence electrons. The number of carbonyl (C=O) groups excluding carboxylic acids is 1. The highest BCUT2D eigenvalue weighted by Gasteiger charge is 2.65. The van der Waals surface area contributed by atoms with Crippen LogP contribution in [0.25, 0.3) is 0 Å². The number of carboxylic acid groups (broad SMARTS) is 1. The first-order valence-electron chi connectivity index (χ1n) is 23.2. The Morgan fingerprint density at radius 2 is 1.61 bits per heavy atom. The van der Waals surface area contributed by atoms with E-state index in [4.69, 9.17) is 37.9 Å². The highest BCUT2D eigenvalue weighted by atomic mass is 16.8. The Labute approximate surface area is 363 Å². The Kier molecular flexibility index (Phi) is 15.0. The number of aliphatic carboxylic acids is 1. The molecule has 6 aliphatic heterocycles. The van der Waals surface area contributed by atoms with E-state index in [1.807, 2.05) is 33.8 Å². The van der Waals surface area contributed by atoms with E-state index in [1.165, 1.54) is 0 Å². The molecule has 0 bridgehead atoms. The van der Waals surface area contributed by atoms with Crippen molar-refractivity contribution >= 4 is 11.8 Å². The molecule has 4 N–H and O–H groups in total. The van der Waals surface area contributed by atoms with Crippen molar-refractivity contribution in [2.75, 3.05) is 13.7 Å². The number of hydrogen-bond acceptors (Lipinski definition) is 13. The molecule has 0 aromatic carbocycles. The van der Waals surface area contributed by atoms with E-state index in [9.17, 15) is 30.0 Å². The summed E-state index contributed by atoms with van der Waals surface area (Å²) in [4.78, 5) is 24.8. The molecule has 21 atom stereocenters. The van der Waals surface area contributed by atoms with Crippen LogP contribution in [0, 0.1) is 47.3 Å². The van der Waals surface area contributed by atoms with Gasteiger partial charge in [0.2, 0.25) is 0 Å². The topological polar surface area (TPSA) is 189 Å². The number of aliphatic hydroxyl groups excluding tert-OH is 2. The summed E-state index contributed by atoms with van der Waals surface area (Å²) in [6.07, 6.45) is 3.25. The molecule has 6 saturated heterocycles. The van der Waals surface area contributed by atoms with Gasteiger partial charge in [-0.05, 0) is 64.4 Å². The van der Waals surface area contributed by atoms with Crippen LogP contribution in [-0.4, -0.2) is 124 Å². The zero-order valence-corrected chi connectivity index (χ0v) is 38.8. The van der Waals surface area contributed by atoms with Crippen LogP contribution in [0.2, 0.25) is 0 Å². The minimum absolute atomic E-state index is 0.0130. The molecule has 6 aliphatic rings. The Hall–Kier alpha value is -1.56. The summed E-state index contributed by atoms with van der Waals surface area (Å²) in [5.74, 6) is -7.01. The number of ether oxygens (including phenoxy) is 8. The highest BCUT2D eigenvalue weighted by Crippen LogP contribution is 2.56. The van der Waals surface area contributed by atoms with Gasteiger partial charge in [-0.15, -0.1) is 0 Å². The molecule has 2 spiro atoms. The summed E-state index contributed by atoms with van der Waals surface area (Å²) >= 11 is 0. The average molecular weight is 867 g/mol. The Morgan fingerprint density at radius 1 is 0.902 bits per heavy atom.